The maximum Gasteiger partial charge on any atom is 0.307 e. The van der Waals surface area contributed by atoms with Crippen LogP contribution in [0.3, 0.4) is 0 Å². The Morgan fingerprint density at radius 3 is 2.52 bits per heavy atom. The SMILES string of the molecule is O=C(O)CCCc1ccc2c(c1)Cc1ccccc1C(CC(=O)O)=C2. The number of rotatable bonds is 6. The lowest BCUT2D eigenvalue weighted by Crippen LogP contribution is -1.99. The van der Waals surface area contributed by atoms with Crippen molar-refractivity contribution < 1.29 is 19.8 Å². The second-order valence-corrected chi connectivity index (χ2v) is 6.35. The molecule has 1 aliphatic rings. The van der Waals surface area contributed by atoms with Crippen molar-refractivity contribution in [2.24, 2.45) is 0 Å². The Bertz CT molecular complexity index is 849. The van der Waals surface area contributed by atoms with Crippen LogP contribution in [0.15, 0.2) is 42.5 Å². The fourth-order valence-corrected chi connectivity index (χ4v) is 3.32. The van der Waals surface area contributed by atoms with E-state index in [2.05, 4.69) is 6.07 Å². The number of aliphatic carboxylic acids is 2. The number of benzene rings is 2. The van der Waals surface area contributed by atoms with Crippen molar-refractivity contribution in [2.75, 3.05) is 0 Å². The van der Waals surface area contributed by atoms with E-state index in [4.69, 9.17) is 5.11 Å². The molecule has 2 aromatic carbocycles. The molecule has 0 heterocycles. The lowest BCUT2D eigenvalue weighted by Gasteiger charge is -2.09. The Labute approximate surface area is 146 Å². The van der Waals surface area contributed by atoms with Crippen LogP contribution >= 0.6 is 0 Å². The molecule has 2 aromatic rings. The highest BCUT2D eigenvalue weighted by molar-refractivity contribution is 5.93. The number of carbonyl (C=O) groups is 2. The van der Waals surface area contributed by atoms with Crippen LogP contribution in [0.1, 0.15) is 47.1 Å². The van der Waals surface area contributed by atoms with Crippen molar-refractivity contribution in [3.05, 3.63) is 70.3 Å². The smallest absolute Gasteiger partial charge is 0.307 e. The number of carboxylic acid groups (broad SMARTS) is 2. The van der Waals surface area contributed by atoms with Crippen LogP contribution in [0.2, 0.25) is 0 Å². The Kier molecular flexibility index (Phi) is 4.98. The van der Waals surface area contributed by atoms with Gasteiger partial charge in [0.05, 0.1) is 6.42 Å². The molecule has 3 rings (SSSR count). The average molecular weight is 336 g/mol. The van der Waals surface area contributed by atoms with Crippen LogP contribution in [0.25, 0.3) is 11.6 Å². The van der Waals surface area contributed by atoms with Crippen molar-refractivity contribution in [3.8, 4) is 0 Å². The van der Waals surface area contributed by atoms with Gasteiger partial charge in [-0.15, -0.1) is 0 Å². The minimum atomic E-state index is -0.838. The van der Waals surface area contributed by atoms with E-state index < -0.39 is 11.9 Å². The maximum atomic E-state index is 11.2. The van der Waals surface area contributed by atoms with Gasteiger partial charge < -0.3 is 10.2 Å². The molecule has 0 radical (unpaired) electrons. The van der Waals surface area contributed by atoms with Crippen molar-refractivity contribution in [3.63, 3.8) is 0 Å². The lowest BCUT2D eigenvalue weighted by molar-refractivity contribution is -0.137. The van der Waals surface area contributed by atoms with Gasteiger partial charge in [0.15, 0.2) is 0 Å². The summed E-state index contributed by atoms with van der Waals surface area (Å²) in [6, 6.07) is 14.1. The minimum absolute atomic E-state index is 0.00316. The van der Waals surface area contributed by atoms with E-state index in [1.54, 1.807) is 0 Å². The molecule has 0 fully saturated rings. The van der Waals surface area contributed by atoms with Gasteiger partial charge in [0.25, 0.3) is 0 Å². The first-order chi connectivity index (χ1) is 12.0. The molecule has 0 unspecified atom stereocenters. The summed E-state index contributed by atoms with van der Waals surface area (Å²) in [6.07, 6.45) is 4.23. The highest BCUT2D eigenvalue weighted by atomic mass is 16.4. The molecule has 0 saturated carbocycles. The fourth-order valence-electron chi connectivity index (χ4n) is 3.32. The van der Waals surface area contributed by atoms with E-state index in [1.807, 2.05) is 42.5 Å². The Balaban J connectivity index is 1.94. The lowest BCUT2D eigenvalue weighted by atomic mass is 9.95. The number of hydrogen-bond acceptors (Lipinski definition) is 2. The van der Waals surface area contributed by atoms with Gasteiger partial charge in [0, 0.05) is 6.42 Å². The Hall–Kier alpha value is -2.88. The molecule has 4 nitrogen and oxygen atoms in total. The molecule has 0 bridgehead atoms. The third kappa shape index (κ3) is 4.15. The molecule has 0 aromatic heterocycles. The summed E-state index contributed by atoms with van der Waals surface area (Å²) in [6.45, 7) is 0. The Morgan fingerprint density at radius 2 is 1.76 bits per heavy atom. The predicted octanol–water partition coefficient (Wildman–Crippen LogP) is 4.01. The summed E-state index contributed by atoms with van der Waals surface area (Å²) >= 11 is 0. The van der Waals surface area contributed by atoms with Gasteiger partial charge in [0.1, 0.15) is 0 Å². The second-order valence-electron chi connectivity index (χ2n) is 6.35. The standard InChI is InChI=1S/C21H20O4/c22-20(23)7-3-4-14-8-9-15-11-18(13-21(24)25)19-6-2-1-5-16(19)12-17(15)10-14/h1-2,5-6,8-11H,3-4,7,12-13H2,(H,22,23)(H,24,25). The summed E-state index contributed by atoms with van der Waals surface area (Å²) in [7, 11) is 0. The van der Waals surface area contributed by atoms with Crippen LogP contribution in [-0.2, 0) is 22.4 Å². The van der Waals surface area contributed by atoms with Gasteiger partial charge in [-0.3, -0.25) is 9.59 Å². The van der Waals surface area contributed by atoms with Gasteiger partial charge >= 0.3 is 11.9 Å². The van der Waals surface area contributed by atoms with Gasteiger partial charge in [-0.25, -0.2) is 0 Å². The van der Waals surface area contributed by atoms with Crippen LogP contribution in [-0.4, -0.2) is 22.2 Å². The molecule has 128 valence electrons. The monoisotopic (exact) mass is 336 g/mol. The number of carboxylic acids is 2. The summed E-state index contributed by atoms with van der Waals surface area (Å²) < 4.78 is 0. The number of fused-ring (bicyclic) bond motifs is 2. The van der Waals surface area contributed by atoms with E-state index in [9.17, 15) is 14.7 Å². The molecule has 0 amide bonds. The molecule has 0 spiro atoms. The zero-order chi connectivity index (χ0) is 17.8. The topological polar surface area (TPSA) is 74.6 Å². The normalized spacial score (nSPS) is 12.6. The molecular formula is C21H20O4. The number of hydrogen-bond donors (Lipinski definition) is 2. The molecule has 25 heavy (non-hydrogen) atoms. The molecule has 0 atom stereocenters. The van der Waals surface area contributed by atoms with Crippen molar-refractivity contribution in [1.29, 1.82) is 0 Å². The first-order valence-electron chi connectivity index (χ1n) is 8.37. The van der Waals surface area contributed by atoms with Gasteiger partial charge in [0.2, 0.25) is 0 Å². The van der Waals surface area contributed by atoms with Crippen LogP contribution in [0, 0.1) is 0 Å². The Morgan fingerprint density at radius 1 is 0.960 bits per heavy atom. The molecule has 4 heteroatoms. The third-order valence-electron chi connectivity index (χ3n) is 4.48. The largest absolute Gasteiger partial charge is 0.481 e. The zero-order valence-corrected chi connectivity index (χ0v) is 13.9. The maximum absolute atomic E-state index is 11.2. The van der Waals surface area contributed by atoms with E-state index in [1.165, 1.54) is 0 Å². The zero-order valence-electron chi connectivity index (χ0n) is 13.9. The van der Waals surface area contributed by atoms with Crippen LogP contribution in [0.4, 0.5) is 0 Å². The van der Waals surface area contributed by atoms with Gasteiger partial charge in [-0.2, -0.15) is 0 Å². The summed E-state index contributed by atoms with van der Waals surface area (Å²) in [4.78, 5) is 21.9. The van der Waals surface area contributed by atoms with Gasteiger partial charge in [-0.05, 0) is 52.7 Å². The second kappa shape index (κ2) is 7.34. The van der Waals surface area contributed by atoms with Crippen LogP contribution < -0.4 is 0 Å². The summed E-state index contributed by atoms with van der Waals surface area (Å²) in [5.74, 6) is -1.61. The predicted molar refractivity (Wildman–Crippen MR) is 96.4 cm³/mol. The third-order valence-corrected chi connectivity index (χ3v) is 4.48. The summed E-state index contributed by atoms with van der Waals surface area (Å²) in [5, 5.41) is 18.0. The average Bonchev–Trinajstić information content (AvgIpc) is 2.70. The molecule has 0 saturated heterocycles. The number of aryl methyl sites for hydroxylation is 1. The molecular weight excluding hydrogens is 316 g/mol. The summed E-state index contributed by atoms with van der Waals surface area (Å²) in [5.41, 5.74) is 6.24. The molecule has 1 aliphatic carbocycles. The van der Waals surface area contributed by atoms with Crippen LogP contribution in [0.5, 0.6) is 0 Å². The van der Waals surface area contributed by atoms with E-state index in [0.717, 1.165) is 46.2 Å². The van der Waals surface area contributed by atoms with Gasteiger partial charge in [-0.1, -0.05) is 48.5 Å². The van der Waals surface area contributed by atoms with E-state index in [0.29, 0.717) is 6.42 Å². The van der Waals surface area contributed by atoms with Crippen molar-refractivity contribution in [2.45, 2.75) is 32.1 Å². The highest BCUT2D eigenvalue weighted by Gasteiger charge is 2.17. The van der Waals surface area contributed by atoms with E-state index >= 15 is 0 Å². The quantitative estimate of drug-likeness (QED) is 0.836. The highest BCUT2D eigenvalue weighted by Crippen LogP contribution is 2.32. The molecule has 2 N–H and O–H groups in total. The fraction of sp³-hybridized carbons (Fsp3) is 0.238. The first kappa shape index (κ1) is 17.0. The van der Waals surface area contributed by atoms with Crippen molar-refractivity contribution in [1.82, 2.24) is 0 Å². The molecule has 0 aliphatic heterocycles. The van der Waals surface area contributed by atoms with Crippen molar-refractivity contribution >= 4 is 23.6 Å². The minimum Gasteiger partial charge on any atom is -0.481 e. The first-order valence-corrected chi connectivity index (χ1v) is 8.37. The van der Waals surface area contributed by atoms with E-state index in [-0.39, 0.29) is 12.8 Å².